The van der Waals surface area contributed by atoms with Crippen molar-refractivity contribution in [3.63, 3.8) is 0 Å². The Bertz CT molecular complexity index is 313. The maximum atomic E-state index is 10.2. The average Bonchev–Trinajstić information content (AvgIpc) is 2.04. The molecule has 1 aromatic rings. The van der Waals surface area contributed by atoms with Crippen LogP contribution < -0.4 is 47.9 Å². The van der Waals surface area contributed by atoms with Gasteiger partial charge in [-0.1, -0.05) is 6.07 Å². The van der Waals surface area contributed by atoms with Crippen LogP contribution in [0, 0.1) is 0 Å². The van der Waals surface area contributed by atoms with Crippen LogP contribution in [0.15, 0.2) is 18.2 Å². The third-order valence-corrected chi connectivity index (χ3v) is 1.17. The van der Waals surface area contributed by atoms with E-state index in [4.69, 9.17) is 0 Å². The molecule has 0 unspecified atom stereocenters. The molecular weight excluding hydrogens is 176 g/mol. The molecule has 62 valence electrons. The van der Waals surface area contributed by atoms with Gasteiger partial charge in [0.15, 0.2) is 0 Å². The van der Waals surface area contributed by atoms with E-state index in [1.165, 1.54) is 6.07 Å². The Hall–Kier alpha value is -0.715. The molecule has 14 heavy (non-hydrogen) atoms. The molecule has 0 N–H and O–H groups in total. The minimum atomic E-state index is -1.52. The summed E-state index contributed by atoms with van der Waals surface area (Å²) in [7, 11) is 0. The molecular formula is C7H3Li2NO4. The van der Waals surface area contributed by atoms with Crippen molar-refractivity contribution in [2.45, 2.75) is 0 Å². The van der Waals surface area contributed by atoms with Gasteiger partial charge in [0.05, 0.1) is 23.3 Å². The number of hydrogen-bond donors (Lipinski definition) is 0. The molecule has 0 atom stereocenters. The second-order valence-corrected chi connectivity index (χ2v) is 1.98. The minimum Gasteiger partial charge on any atom is -0.543 e. The van der Waals surface area contributed by atoms with Crippen molar-refractivity contribution in [1.29, 1.82) is 0 Å². The minimum absolute atomic E-state index is 0. The van der Waals surface area contributed by atoms with Gasteiger partial charge in [-0.25, -0.2) is 4.98 Å². The predicted octanol–water partition coefficient (Wildman–Crippen LogP) is -8.18. The number of rotatable bonds is 2. The van der Waals surface area contributed by atoms with Gasteiger partial charge in [-0.3, -0.25) is 0 Å². The van der Waals surface area contributed by atoms with E-state index in [0.717, 1.165) is 12.1 Å². The van der Waals surface area contributed by atoms with Crippen molar-refractivity contribution in [3.8, 4) is 0 Å². The summed E-state index contributed by atoms with van der Waals surface area (Å²) in [5, 5.41) is 20.4. The van der Waals surface area contributed by atoms with Gasteiger partial charge in [-0.05, 0) is 12.1 Å². The van der Waals surface area contributed by atoms with E-state index >= 15 is 0 Å². The Balaban J connectivity index is 0. The fourth-order valence-corrected chi connectivity index (χ4v) is 0.662. The number of nitrogens with zero attached hydrogens (tertiary/aromatic N) is 1. The van der Waals surface area contributed by atoms with Crippen molar-refractivity contribution in [3.05, 3.63) is 29.6 Å². The number of aromatic nitrogens is 1. The number of carbonyl (C=O) groups excluding carboxylic acids is 2. The van der Waals surface area contributed by atoms with Crippen LogP contribution in [-0.4, -0.2) is 16.9 Å². The van der Waals surface area contributed by atoms with Crippen LogP contribution in [0.5, 0.6) is 0 Å². The zero-order chi connectivity index (χ0) is 9.14. The van der Waals surface area contributed by atoms with Crippen LogP contribution in [-0.2, 0) is 0 Å². The first-order valence-corrected chi connectivity index (χ1v) is 3.01. The van der Waals surface area contributed by atoms with Crippen LogP contribution >= 0.6 is 0 Å². The number of hydrogen-bond acceptors (Lipinski definition) is 5. The van der Waals surface area contributed by atoms with Gasteiger partial charge in [-0.2, -0.15) is 0 Å². The molecule has 0 radical (unpaired) electrons. The van der Waals surface area contributed by atoms with Crippen LogP contribution in [0.4, 0.5) is 0 Å². The number of pyridine rings is 1. The smallest absolute Gasteiger partial charge is 0.543 e. The fraction of sp³-hybridized carbons (Fsp3) is 0. The Morgan fingerprint density at radius 1 is 1.00 bits per heavy atom. The first-order valence-electron chi connectivity index (χ1n) is 3.01. The molecule has 0 saturated heterocycles. The molecule has 0 aliphatic carbocycles. The quantitative estimate of drug-likeness (QED) is 0.420. The summed E-state index contributed by atoms with van der Waals surface area (Å²) >= 11 is 0. The maximum absolute atomic E-state index is 10.2. The van der Waals surface area contributed by atoms with Crippen molar-refractivity contribution >= 4 is 11.9 Å². The van der Waals surface area contributed by atoms with Gasteiger partial charge in [0.2, 0.25) is 0 Å². The van der Waals surface area contributed by atoms with Gasteiger partial charge >= 0.3 is 37.7 Å². The van der Waals surface area contributed by atoms with E-state index in [1.807, 2.05) is 0 Å². The van der Waals surface area contributed by atoms with Crippen LogP contribution in [0.1, 0.15) is 21.0 Å². The summed E-state index contributed by atoms with van der Waals surface area (Å²) in [6.07, 6.45) is 0. The second kappa shape index (κ2) is 6.70. The molecule has 0 aromatic carbocycles. The Kier molecular flexibility index (Phi) is 7.53. The van der Waals surface area contributed by atoms with E-state index in [9.17, 15) is 19.8 Å². The third-order valence-electron chi connectivity index (χ3n) is 1.17. The molecule has 0 spiro atoms. The van der Waals surface area contributed by atoms with Crippen molar-refractivity contribution < 1.29 is 57.5 Å². The zero-order valence-corrected chi connectivity index (χ0v) is 7.81. The Morgan fingerprint density at radius 2 is 1.36 bits per heavy atom. The number of carboxylic acids is 2. The SMILES string of the molecule is O=C([O-])c1cccc(C(=O)[O-])n1.[Li+].[Li+]. The molecule has 0 aliphatic heterocycles. The fourth-order valence-electron chi connectivity index (χ4n) is 0.662. The van der Waals surface area contributed by atoms with E-state index in [0.29, 0.717) is 0 Å². The topological polar surface area (TPSA) is 93.1 Å². The van der Waals surface area contributed by atoms with Gasteiger partial charge in [0.25, 0.3) is 0 Å². The Labute approximate surface area is 104 Å². The molecule has 0 bridgehead atoms. The Morgan fingerprint density at radius 3 is 1.64 bits per heavy atom. The maximum Gasteiger partial charge on any atom is 1.00 e. The van der Waals surface area contributed by atoms with Gasteiger partial charge in [-0.15, -0.1) is 0 Å². The van der Waals surface area contributed by atoms with Crippen LogP contribution in [0.3, 0.4) is 0 Å². The standard InChI is InChI=1S/C7H5NO4.2Li/c9-6(10)4-2-1-3-5(8-4)7(11)12;;/h1-3H,(H,9,10)(H,11,12);;/q;2*+1/p-2. The van der Waals surface area contributed by atoms with Gasteiger partial charge in [0, 0.05) is 0 Å². The first kappa shape index (κ1) is 15.7. The largest absolute Gasteiger partial charge is 1.00 e. The van der Waals surface area contributed by atoms with E-state index in [2.05, 4.69) is 4.98 Å². The monoisotopic (exact) mass is 179 g/mol. The van der Waals surface area contributed by atoms with Gasteiger partial charge in [0.1, 0.15) is 0 Å². The molecule has 1 aromatic heterocycles. The molecule has 0 amide bonds. The molecule has 5 nitrogen and oxygen atoms in total. The van der Waals surface area contributed by atoms with E-state index in [-0.39, 0.29) is 37.7 Å². The first-order chi connectivity index (χ1) is 5.61. The zero-order valence-electron chi connectivity index (χ0n) is 7.81. The summed E-state index contributed by atoms with van der Waals surface area (Å²) in [6, 6.07) is 3.53. The summed E-state index contributed by atoms with van der Waals surface area (Å²) in [4.78, 5) is 23.6. The van der Waals surface area contributed by atoms with Crippen LogP contribution in [0.25, 0.3) is 0 Å². The molecule has 7 heteroatoms. The second-order valence-electron chi connectivity index (χ2n) is 1.98. The van der Waals surface area contributed by atoms with Gasteiger partial charge < -0.3 is 19.8 Å². The molecule has 1 rings (SSSR count). The molecule has 1 heterocycles. The summed E-state index contributed by atoms with van der Waals surface area (Å²) in [5.74, 6) is -3.03. The van der Waals surface area contributed by atoms with E-state index < -0.39 is 23.3 Å². The molecule has 0 fully saturated rings. The average molecular weight is 179 g/mol. The normalized spacial score (nSPS) is 8.00. The number of carboxylic acid groups (broad SMARTS) is 2. The number of aromatic carboxylic acids is 2. The number of carbonyl (C=O) groups is 2. The van der Waals surface area contributed by atoms with Crippen LogP contribution in [0.2, 0.25) is 0 Å². The molecule has 0 saturated carbocycles. The van der Waals surface area contributed by atoms with E-state index in [1.54, 1.807) is 0 Å². The summed E-state index contributed by atoms with van der Waals surface area (Å²) < 4.78 is 0. The van der Waals surface area contributed by atoms with Crippen molar-refractivity contribution in [1.82, 2.24) is 4.98 Å². The summed E-state index contributed by atoms with van der Waals surface area (Å²) in [6.45, 7) is 0. The van der Waals surface area contributed by atoms with Crippen molar-refractivity contribution in [2.75, 3.05) is 0 Å². The molecule has 0 aliphatic rings. The summed E-state index contributed by atoms with van der Waals surface area (Å²) in [5.41, 5.74) is -0.839. The van der Waals surface area contributed by atoms with Crippen molar-refractivity contribution in [2.24, 2.45) is 0 Å². The third kappa shape index (κ3) is 4.00. The predicted molar refractivity (Wildman–Crippen MR) is 32.9 cm³/mol.